The third kappa shape index (κ3) is 4.00. The first-order chi connectivity index (χ1) is 8.34. The summed E-state index contributed by atoms with van der Waals surface area (Å²) in [6.45, 7) is 2.87. The van der Waals surface area contributed by atoms with E-state index in [1.54, 1.807) is 18.7 Å². The highest BCUT2D eigenvalue weighted by Gasteiger charge is 2.04. The first-order valence-electron chi connectivity index (χ1n) is 5.86. The van der Waals surface area contributed by atoms with Gasteiger partial charge >= 0.3 is 0 Å². The van der Waals surface area contributed by atoms with E-state index >= 15 is 0 Å². The van der Waals surface area contributed by atoms with Crippen molar-refractivity contribution < 1.29 is 4.42 Å². The number of hydrogen-bond donors (Lipinski definition) is 1. The van der Waals surface area contributed by atoms with Gasteiger partial charge in [0, 0.05) is 24.9 Å². The zero-order chi connectivity index (χ0) is 11.9. The smallest absolute Gasteiger partial charge is 0.141 e. The summed E-state index contributed by atoms with van der Waals surface area (Å²) in [5.41, 5.74) is 0. The van der Waals surface area contributed by atoms with Gasteiger partial charge in [0.2, 0.25) is 0 Å². The molecule has 17 heavy (non-hydrogen) atoms. The second kappa shape index (κ2) is 6.15. The molecule has 2 rings (SSSR count). The largest absolute Gasteiger partial charge is 0.469 e. The Kier molecular flexibility index (Phi) is 4.27. The zero-order valence-corrected chi connectivity index (χ0v) is 9.97. The van der Waals surface area contributed by atoms with E-state index in [9.17, 15) is 0 Å². The lowest BCUT2D eigenvalue weighted by Crippen LogP contribution is -2.26. The molecule has 2 aromatic rings. The molecule has 0 spiro atoms. The van der Waals surface area contributed by atoms with Gasteiger partial charge in [-0.15, -0.1) is 0 Å². The van der Waals surface area contributed by atoms with Crippen molar-refractivity contribution in [3.05, 3.63) is 48.4 Å². The maximum absolute atomic E-state index is 5.29. The molecule has 1 N–H and O–H groups in total. The van der Waals surface area contributed by atoms with Gasteiger partial charge in [0.1, 0.15) is 11.6 Å². The second-order valence-corrected chi connectivity index (χ2v) is 4.07. The van der Waals surface area contributed by atoms with E-state index in [-0.39, 0.29) is 0 Å². The molecular formula is C13H17N3O. The molecule has 0 aliphatic heterocycles. The van der Waals surface area contributed by atoms with Gasteiger partial charge in [-0.3, -0.25) is 0 Å². The maximum Gasteiger partial charge on any atom is 0.141 e. The standard InChI is InChI=1S/C13H17N3O/c1-11(5-6-12-4-2-9-17-12)16-10-13-14-7-3-8-15-13/h2-4,7-9,11,16H,5-6,10H2,1H3. The zero-order valence-electron chi connectivity index (χ0n) is 9.97. The van der Waals surface area contributed by atoms with Gasteiger partial charge in [-0.25, -0.2) is 9.97 Å². The summed E-state index contributed by atoms with van der Waals surface area (Å²) >= 11 is 0. The highest BCUT2D eigenvalue weighted by atomic mass is 16.3. The van der Waals surface area contributed by atoms with Crippen molar-refractivity contribution in [1.29, 1.82) is 0 Å². The van der Waals surface area contributed by atoms with E-state index in [2.05, 4.69) is 22.2 Å². The van der Waals surface area contributed by atoms with E-state index in [4.69, 9.17) is 4.42 Å². The lowest BCUT2D eigenvalue weighted by molar-refractivity contribution is 0.456. The van der Waals surface area contributed by atoms with Gasteiger partial charge in [-0.1, -0.05) is 0 Å². The lowest BCUT2D eigenvalue weighted by Gasteiger charge is -2.11. The molecule has 2 heterocycles. The highest BCUT2D eigenvalue weighted by molar-refractivity contribution is 4.98. The Morgan fingerprint density at radius 2 is 2.12 bits per heavy atom. The van der Waals surface area contributed by atoms with Crippen LogP contribution in [0.15, 0.2) is 41.3 Å². The number of aryl methyl sites for hydroxylation is 1. The molecule has 0 saturated heterocycles. The Bertz CT molecular complexity index is 413. The predicted molar refractivity (Wildman–Crippen MR) is 65.4 cm³/mol. The van der Waals surface area contributed by atoms with E-state index in [0.717, 1.165) is 24.4 Å². The van der Waals surface area contributed by atoms with Gasteiger partial charge in [0.25, 0.3) is 0 Å². The molecule has 2 aromatic heterocycles. The van der Waals surface area contributed by atoms with Crippen LogP contribution in [0.5, 0.6) is 0 Å². The summed E-state index contributed by atoms with van der Waals surface area (Å²) < 4.78 is 5.29. The SMILES string of the molecule is CC(CCc1ccco1)NCc1ncccn1. The van der Waals surface area contributed by atoms with Crippen LogP contribution in [-0.2, 0) is 13.0 Å². The minimum absolute atomic E-state index is 0.420. The van der Waals surface area contributed by atoms with Crippen LogP contribution in [0.4, 0.5) is 0 Å². The van der Waals surface area contributed by atoms with Crippen LogP contribution in [0.25, 0.3) is 0 Å². The van der Waals surface area contributed by atoms with Crippen molar-refractivity contribution in [3.8, 4) is 0 Å². The fourth-order valence-corrected chi connectivity index (χ4v) is 1.60. The molecule has 0 bridgehead atoms. The van der Waals surface area contributed by atoms with Crippen LogP contribution < -0.4 is 5.32 Å². The van der Waals surface area contributed by atoms with Crippen LogP contribution in [0.1, 0.15) is 24.9 Å². The average Bonchev–Trinajstić information content (AvgIpc) is 2.88. The first kappa shape index (κ1) is 11.8. The van der Waals surface area contributed by atoms with Crippen LogP contribution in [-0.4, -0.2) is 16.0 Å². The molecule has 0 aliphatic carbocycles. The van der Waals surface area contributed by atoms with Crippen molar-refractivity contribution in [2.45, 2.75) is 32.4 Å². The van der Waals surface area contributed by atoms with Gasteiger partial charge in [0.15, 0.2) is 0 Å². The maximum atomic E-state index is 5.29. The van der Waals surface area contributed by atoms with Crippen LogP contribution >= 0.6 is 0 Å². The third-order valence-corrected chi connectivity index (χ3v) is 2.63. The Morgan fingerprint density at radius 3 is 2.82 bits per heavy atom. The Morgan fingerprint density at radius 1 is 1.29 bits per heavy atom. The molecule has 90 valence electrons. The third-order valence-electron chi connectivity index (χ3n) is 2.63. The van der Waals surface area contributed by atoms with Gasteiger partial charge < -0.3 is 9.73 Å². The molecule has 0 saturated carbocycles. The summed E-state index contributed by atoms with van der Waals surface area (Å²) in [7, 11) is 0. The van der Waals surface area contributed by atoms with Crippen LogP contribution in [0.2, 0.25) is 0 Å². The fourth-order valence-electron chi connectivity index (χ4n) is 1.60. The number of furan rings is 1. The van der Waals surface area contributed by atoms with Crippen molar-refractivity contribution in [2.75, 3.05) is 0 Å². The molecule has 0 radical (unpaired) electrons. The quantitative estimate of drug-likeness (QED) is 0.828. The molecule has 1 unspecified atom stereocenters. The Balaban J connectivity index is 1.69. The van der Waals surface area contributed by atoms with Crippen LogP contribution in [0, 0.1) is 0 Å². The van der Waals surface area contributed by atoms with E-state index in [1.807, 2.05) is 18.2 Å². The molecule has 0 fully saturated rings. The molecule has 0 aromatic carbocycles. The number of rotatable bonds is 6. The molecule has 4 nitrogen and oxygen atoms in total. The summed E-state index contributed by atoms with van der Waals surface area (Å²) in [5, 5.41) is 3.39. The summed E-state index contributed by atoms with van der Waals surface area (Å²) in [4.78, 5) is 8.34. The van der Waals surface area contributed by atoms with Crippen molar-refractivity contribution in [2.24, 2.45) is 0 Å². The average molecular weight is 231 g/mol. The first-order valence-corrected chi connectivity index (χ1v) is 5.86. The van der Waals surface area contributed by atoms with Crippen molar-refractivity contribution >= 4 is 0 Å². The predicted octanol–water partition coefficient (Wildman–Crippen LogP) is 2.18. The van der Waals surface area contributed by atoms with Crippen molar-refractivity contribution in [1.82, 2.24) is 15.3 Å². The van der Waals surface area contributed by atoms with E-state index in [0.29, 0.717) is 12.6 Å². The highest BCUT2D eigenvalue weighted by Crippen LogP contribution is 2.05. The van der Waals surface area contributed by atoms with Gasteiger partial charge in [-0.05, 0) is 31.5 Å². The minimum atomic E-state index is 0.420. The van der Waals surface area contributed by atoms with Crippen LogP contribution in [0.3, 0.4) is 0 Å². The Hall–Kier alpha value is -1.68. The van der Waals surface area contributed by atoms with E-state index < -0.39 is 0 Å². The number of aromatic nitrogens is 2. The number of hydrogen-bond acceptors (Lipinski definition) is 4. The molecule has 1 atom stereocenters. The summed E-state index contributed by atoms with van der Waals surface area (Å²) in [5.74, 6) is 1.87. The minimum Gasteiger partial charge on any atom is -0.469 e. The molecule has 4 heteroatoms. The molecule has 0 aliphatic rings. The monoisotopic (exact) mass is 231 g/mol. The number of nitrogens with one attached hydrogen (secondary N) is 1. The van der Waals surface area contributed by atoms with Gasteiger partial charge in [0.05, 0.1) is 12.8 Å². The normalized spacial score (nSPS) is 12.5. The molecular weight excluding hydrogens is 214 g/mol. The molecule has 0 amide bonds. The summed E-state index contributed by atoms with van der Waals surface area (Å²) in [6, 6.07) is 6.17. The summed E-state index contributed by atoms with van der Waals surface area (Å²) in [6.07, 6.45) is 7.23. The fraction of sp³-hybridized carbons (Fsp3) is 0.385. The second-order valence-electron chi connectivity index (χ2n) is 4.07. The number of nitrogens with zero attached hydrogens (tertiary/aromatic N) is 2. The van der Waals surface area contributed by atoms with E-state index in [1.165, 1.54) is 0 Å². The van der Waals surface area contributed by atoms with Crippen molar-refractivity contribution in [3.63, 3.8) is 0 Å². The van der Waals surface area contributed by atoms with Gasteiger partial charge in [-0.2, -0.15) is 0 Å². The Labute approximate surface area is 101 Å². The topological polar surface area (TPSA) is 51.0 Å². The lowest BCUT2D eigenvalue weighted by atomic mass is 10.1.